The zero-order valence-electron chi connectivity index (χ0n) is 9.78. The Kier molecular flexibility index (Phi) is 3.77. The average Bonchev–Trinajstić information content (AvgIpc) is 2.63. The van der Waals surface area contributed by atoms with Crippen LogP contribution in [0.1, 0.15) is 33.0 Å². The monoisotopic (exact) mass is 246 g/mol. The molecule has 0 spiro atoms. The lowest BCUT2D eigenvalue weighted by Gasteiger charge is -2.23. The van der Waals surface area contributed by atoms with Crippen molar-refractivity contribution in [3.63, 3.8) is 0 Å². The molecule has 5 nitrogen and oxygen atoms in total. The highest BCUT2D eigenvalue weighted by Gasteiger charge is 2.16. The minimum atomic E-state index is -3.74. The van der Waals surface area contributed by atoms with E-state index in [1.807, 2.05) is 0 Å². The lowest BCUT2D eigenvalue weighted by Crippen LogP contribution is -2.37. The standard InChI is InChI=1S/C10H18N2O3S/c1-4-10(2,3)12-7-8-5-6-9(15-8)16(11,13)14/h5-6,12H,4,7H2,1-3H3,(H2,11,13,14). The SMILES string of the molecule is CCC(C)(C)NCc1ccc(S(N)(=O)=O)o1. The summed E-state index contributed by atoms with van der Waals surface area (Å²) in [5, 5.41) is 8.00. The van der Waals surface area contributed by atoms with Gasteiger partial charge < -0.3 is 9.73 Å². The van der Waals surface area contributed by atoms with E-state index in [1.54, 1.807) is 6.07 Å². The number of sulfonamides is 1. The first kappa shape index (κ1) is 13.2. The van der Waals surface area contributed by atoms with E-state index in [2.05, 4.69) is 26.1 Å². The topological polar surface area (TPSA) is 85.3 Å². The molecule has 0 aliphatic carbocycles. The quantitative estimate of drug-likeness (QED) is 0.817. The molecule has 0 aliphatic heterocycles. The van der Waals surface area contributed by atoms with Gasteiger partial charge in [-0.15, -0.1) is 0 Å². The summed E-state index contributed by atoms with van der Waals surface area (Å²) < 4.78 is 27.0. The second kappa shape index (κ2) is 4.57. The van der Waals surface area contributed by atoms with Gasteiger partial charge in [-0.05, 0) is 32.4 Å². The number of nitrogens with one attached hydrogen (secondary N) is 1. The van der Waals surface area contributed by atoms with Crippen LogP contribution in [0.3, 0.4) is 0 Å². The third-order valence-corrected chi connectivity index (χ3v) is 3.32. The Morgan fingerprint density at radius 2 is 2.06 bits per heavy atom. The predicted octanol–water partition coefficient (Wildman–Crippen LogP) is 1.21. The molecule has 0 atom stereocenters. The van der Waals surface area contributed by atoms with Crippen molar-refractivity contribution >= 4 is 10.0 Å². The Hall–Kier alpha value is -0.850. The Balaban J connectivity index is 2.67. The van der Waals surface area contributed by atoms with Crippen LogP contribution in [-0.4, -0.2) is 14.0 Å². The van der Waals surface area contributed by atoms with Crippen molar-refractivity contribution in [1.82, 2.24) is 5.32 Å². The summed E-state index contributed by atoms with van der Waals surface area (Å²) in [6.45, 7) is 6.69. The summed E-state index contributed by atoms with van der Waals surface area (Å²) in [6, 6.07) is 2.98. The number of hydrogen-bond donors (Lipinski definition) is 2. The lowest BCUT2D eigenvalue weighted by atomic mass is 10.0. The van der Waals surface area contributed by atoms with Crippen molar-refractivity contribution in [2.45, 2.75) is 44.4 Å². The highest BCUT2D eigenvalue weighted by Crippen LogP contribution is 2.14. The Labute approximate surface area is 96.1 Å². The zero-order chi connectivity index (χ0) is 12.4. The Bertz CT molecular complexity index is 448. The second-order valence-electron chi connectivity index (χ2n) is 4.36. The van der Waals surface area contributed by atoms with Gasteiger partial charge in [0.25, 0.3) is 10.0 Å². The van der Waals surface area contributed by atoms with Crippen LogP contribution < -0.4 is 10.5 Å². The van der Waals surface area contributed by atoms with Crippen LogP contribution in [0.15, 0.2) is 21.6 Å². The highest BCUT2D eigenvalue weighted by molar-refractivity contribution is 7.89. The molecule has 6 heteroatoms. The molecule has 0 aliphatic rings. The smallest absolute Gasteiger partial charge is 0.271 e. The zero-order valence-corrected chi connectivity index (χ0v) is 10.6. The maximum Gasteiger partial charge on any atom is 0.271 e. The summed E-state index contributed by atoms with van der Waals surface area (Å²) in [5.74, 6) is 0.561. The van der Waals surface area contributed by atoms with E-state index < -0.39 is 10.0 Å². The van der Waals surface area contributed by atoms with Gasteiger partial charge in [0.05, 0.1) is 6.54 Å². The van der Waals surface area contributed by atoms with Crippen molar-refractivity contribution < 1.29 is 12.8 Å². The average molecular weight is 246 g/mol. The van der Waals surface area contributed by atoms with E-state index in [0.717, 1.165) is 6.42 Å². The first-order chi connectivity index (χ1) is 7.24. The molecule has 0 aromatic carbocycles. The van der Waals surface area contributed by atoms with Crippen LogP contribution in [0.4, 0.5) is 0 Å². The Morgan fingerprint density at radius 3 is 2.50 bits per heavy atom. The van der Waals surface area contributed by atoms with Crippen molar-refractivity contribution in [3.8, 4) is 0 Å². The summed E-state index contributed by atoms with van der Waals surface area (Å²) in [4.78, 5) is 0. The first-order valence-electron chi connectivity index (χ1n) is 5.11. The predicted molar refractivity (Wildman–Crippen MR) is 61.3 cm³/mol. The molecular weight excluding hydrogens is 228 g/mol. The molecule has 3 N–H and O–H groups in total. The fraction of sp³-hybridized carbons (Fsp3) is 0.600. The molecule has 0 fully saturated rings. The van der Waals surface area contributed by atoms with E-state index in [0.29, 0.717) is 12.3 Å². The van der Waals surface area contributed by atoms with Gasteiger partial charge in [0.15, 0.2) is 0 Å². The van der Waals surface area contributed by atoms with E-state index >= 15 is 0 Å². The van der Waals surface area contributed by atoms with Gasteiger partial charge >= 0.3 is 0 Å². The molecule has 1 aromatic rings. The fourth-order valence-electron chi connectivity index (χ4n) is 1.06. The van der Waals surface area contributed by atoms with Crippen molar-refractivity contribution in [2.24, 2.45) is 5.14 Å². The molecule has 92 valence electrons. The van der Waals surface area contributed by atoms with Crippen molar-refractivity contribution in [2.75, 3.05) is 0 Å². The summed E-state index contributed by atoms with van der Waals surface area (Å²) in [7, 11) is -3.74. The molecule has 16 heavy (non-hydrogen) atoms. The summed E-state index contributed by atoms with van der Waals surface area (Å²) in [5.41, 5.74) is -0.00541. The molecule has 0 saturated carbocycles. The molecule has 1 aromatic heterocycles. The molecule has 1 rings (SSSR count). The van der Waals surface area contributed by atoms with Crippen LogP contribution >= 0.6 is 0 Å². The van der Waals surface area contributed by atoms with Gasteiger partial charge in [-0.2, -0.15) is 0 Å². The van der Waals surface area contributed by atoms with E-state index in [4.69, 9.17) is 9.56 Å². The van der Waals surface area contributed by atoms with E-state index in [-0.39, 0.29) is 10.6 Å². The van der Waals surface area contributed by atoms with Crippen LogP contribution in [0, 0.1) is 0 Å². The van der Waals surface area contributed by atoms with Gasteiger partial charge in [0.2, 0.25) is 5.09 Å². The largest absolute Gasteiger partial charge is 0.447 e. The molecule has 0 saturated heterocycles. The minimum absolute atomic E-state index is 0.00541. The summed E-state index contributed by atoms with van der Waals surface area (Å²) in [6.07, 6.45) is 0.968. The van der Waals surface area contributed by atoms with Gasteiger partial charge in [0, 0.05) is 5.54 Å². The molecule has 0 bridgehead atoms. The van der Waals surface area contributed by atoms with Crippen LogP contribution in [0.25, 0.3) is 0 Å². The fourth-order valence-corrected chi connectivity index (χ4v) is 1.54. The number of rotatable bonds is 5. The third kappa shape index (κ3) is 3.62. The van der Waals surface area contributed by atoms with Gasteiger partial charge in [-0.3, -0.25) is 0 Å². The van der Waals surface area contributed by atoms with Crippen LogP contribution in [0.2, 0.25) is 0 Å². The van der Waals surface area contributed by atoms with Crippen molar-refractivity contribution in [1.29, 1.82) is 0 Å². The normalized spacial score (nSPS) is 13.0. The Morgan fingerprint density at radius 1 is 1.44 bits per heavy atom. The molecule has 0 unspecified atom stereocenters. The van der Waals surface area contributed by atoms with Gasteiger partial charge in [-0.25, -0.2) is 13.6 Å². The maximum atomic E-state index is 11.0. The first-order valence-corrected chi connectivity index (χ1v) is 6.66. The lowest BCUT2D eigenvalue weighted by molar-refractivity contribution is 0.336. The number of primary sulfonamides is 1. The number of nitrogens with two attached hydrogens (primary N) is 1. The van der Waals surface area contributed by atoms with Crippen molar-refractivity contribution in [3.05, 3.63) is 17.9 Å². The molecule has 0 radical (unpaired) electrons. The molecule has 1 heterocycles. The van der Waals surface area contributed by atoms with Crippen LogP contribution in [-0.2, 0) is 16.6 Å². The number of furan rings is 1. The van der Waals surface area contributed by atoms with E-state index in [1.165, 1.54) is 6.07 Å². The minimum Gasteiger partial charge on any atom is -0.447 e. The van der Waals surface area contributed by atoms with Gasteiger partial charge in [0.1, 0.15) is 5.76 Å². The maximum absolute atomic E-state index is 11.0. The molecular formula is C10H18N2O3S. The van der Waals surface area contributed by atoms with Crippen LogP contribution in [0.5, 0.6) is 0 Å². The van der Waals surface area contributed by atoms with Gasteiger partial charge in [-0.1, -0.05) is 6.92 Å². The highest BCUT2D eigenvalue weighted by atomic mass is 32.2. The molecule has 0 amide bonds. The number of hydrogen-bond acceptors (Lipinski definition) is 4. The third-order valence-electron chi connectivity index (χ3n) is 2.54. The second-order valence-corrected chi connectivity index (χ2v) is 5.85. The van der Waals surface area contributed by atoms with E-state index in [9.17, 15) is 8.42 Å². The summed E-state index contributed by atoms with van der Waals surface area (Å²) >= 11 is 0.